The zero-order chi connectivity index (χ0) is 13.9. The van der Waals surface area contributed by atoms with Gasteiger partial charge >= 0.3 is 0 Å². The van der Waals surface area contributed by atoms with Crippen molar-refractivity contribution in [3.8, 4) is 11.3 Å². The Morgan fingerprint density at radius 1 is 1.26 bits per heavy atom. The lowest BCUT2D eigenvalue weighted by Crippen LogP contribution is -2.37. The fraction of sp³-hybridized carbons (Fsp3) is 0.429. The molecule has 0 bridgehead atoms. The number of hydrogen-bond acceptors (Lipinski definition) is 3. The summed E-state index contributed by atoms with van der Waals surface area (Å²) in [5.41, 5.74) is 1.60. The highest BCUT2D eigenvalue weighted by Crippen LogP contribution is 2.16. The second-order valence-electron chi connectivity index (χ2n) is 5.56. The van der Waals surface area contributed by atoms with E-state index in [-0.39, 0.29) is 11.4 Å². The van der Waals surface area contributed by atoms with Crippen molar-refractivity contribution in [2.75, 3.05) is 6.54 Å². The van der Waals surface area contributed by atoms with Gasteiger partial charge in [-0.25, -0.2) is 9.37 Å². The monoisotopic (exact) mass is 262 g/mol. The molecule has 0 aromatic carbocycles. The van der Waals surface area contributed by atoms with Crippen LogP contribution in [0.4, 0.5) is 4.39 Å². The third-order valence-corrected chi connectivity index (χ3v) is 2.66. The highest BCUT2D eigenvalue weighted by Gasteiger charge is 2.09. The highest BCUT2D eigenvalue weighted by molar-refractivity contribution is 5.56. The van der Waals surface area contributed by atoms with Gasteiger partial charge in [0.05, 0.1) is 18.1 Å². The smallest absolute Gasteiger partial charge is 0.142 e. The standard InChI is InChI=1S/C14H19FN4/c1-14(2,3)18-5-4-13-17-9-12(19-13)10-6-11(15)8-16-7-10/h6-9,18H,4-5H2,1-3H3,(H,17,19). The summed E-state index contributed by atoms with van der Waals surface area (Å²) in [6.07, 6.45) is 5.32. The number of pyridine rings is 1. The average molecular weight is 262 g/mol. The lowest BCUT2D eigenvalue weighted by atomic mass is 10.1. The van der Waals surface area contributed by atoms with E-state index >= 15 is 0 Å². The fourth-order valence-electron chi connectivity index (χ4n) is 1.75. The number of nitrogens with zero attached hydrogens (tertiary/aromatic N) is 2. The van der Waals surface area contributed by atoms with Crippen LogP contribution in [0.3, 0.4) is 0 Å². The molecule has 2 N–H and O–H groups in total. The van der Waals surface area contributed by atoms with Crippen molar-refractivity contribution < 1.29 is 4.39 Å². The van der Waals surface area contributed by atoms with Crippen molar-refractivity contribution in [1.82, 2.24) is 20.3 Å². The number of aromatic nitrogens is 3. The third kappa shape index (κ3) is 4.13. The Balaban J connectivity index is 1.99. The first kappa shape index (κ1) is 13.7. The minimum absolute atomic E-state index is 0.0991. The van der Waals surface area contributed by atoms with Crippen LogP contribution < -0.4 is 5.32 Å². The van der Waals surface area contributed by atoms with Crippen molar-refractivity contribution in [2.45, 2.75) is 32.7 Å². The zero-order valence-corrected chi connectivity index (χ0v) is 11.5. The molecule has 0 aliphatic rings. The molecule has 0 saturated heterocycles. The van der Waals surface area contributed by atoms with Crippen LogP contribution >= 0.6 is 0 Å². The Kier molecular flexibility index (Phi) is 3.95. The van der Waals surface area contributed by atoms with E-state index in [1.165, 1.54) is 12.3 Å². The Morgan fingerprint density at radius 3 is 2.74 bits per heavy atom. The molecule has 0 unspecified atom stereocenters. The molecule has 0 radical (unpaired) electrons. The zero-order valence-electron chi connectivity index (χ0n) is 11.5. The van der Waals surface area contributed by atoms with Crippen LogP contribution in [-0.4, -0.2) is 27.0 Å². The van der Waals surface area contributed by atoms with Gasteiger partial charge in [-0.15, -0.1) is 0 Å². The van der Waals surface area contributed by atoms with Crippen LogP contribution in [0.2, 0.25) is 0 Å². The number of imidazole rings is 1. The molecule has 5 heteroatoms. The Bertz CT molecular complexity index is 542. The summed E-state index contributed by atoms with van der Waals surface area (Å²) < 4.78 is 13.1. The van der Waals surface area contributed by atoms with Gasteiger partial charge in [-0.2, -0.15) is 0 Å². The Morgan fingerprint density at radius 2 is 2.05 bits per heavy atom. The first-order valence-electron chi connectivity index (χ1n) is 6.34. The number of H-pyrrole nitrogens is 1. The summed E-state index contributed by atoms with van der Waals surface area (Å²) >= 11 is 0. The molecule has 102 valence electrons. The molecular weight excluding hydrogens is 243 g/mol. The summed E-state index contributed by atoms with van der Waals surface area (Å²) in [5.74, 6) is 0.541. The van der Waals surface area contributed by atoms with E-state index in [4.69, 9.17) is 0 Å². The van der Waals surface area contributed by atoms with Gasteiger partial charge in [-0.05, 0) is 26.8 Å². The van der Waals surface area contributed by atoms with Gasteiger partial charge in [-0.1, -0.05) is 0 Å². The Hall–Kier alpha value is -1.75. The lowest BCUT2D eigenvalue weighted by molar-refractivity contribution is 0.427. The van der Waals surface area contributed by atoms with Crippen LogP contribution in [0.5, 0.6) is 0 Å². The first-order valence-corrected chi connectivity index (χ1v) is 6.34. The van der Waals surface area contributed by atoms with Crippen LogP contribution in [0.15, 0.2) is 24.7 Å². The van der Waals surface area contributed by atoms with Gasteiger partial charge in [0.25, 0.3) is 0 Å². The molecule has 2 heterocycles. The molecule has 2 rings (SSSR count). The third-order valence-electron chi connectivity index (χ3n) is 2.66. The predicted octanol–water partition coefficient (Wildman–Crippen LogP) is 2.54. The lowest BCUT2D eigenvalue weighted by Gasteiger charge is -2.19. The van der Waals surface area contributed by atoms with Crippen LogP contribution in [0, 0.1) is 5.82 Å². The predicted molar refractivity (Wildman–Crippen MR) is 73.2 cm³/mol. The van der Waals surface area contributed by atoms with Gasteiger partial charge in [0.15, 0.2) is 0 Å². The van der Waals surface area contributed by atoms with E-state index in [2.05, 4.69) is 41.0 Å². The highest BCUT2D eigenvalue weighted by atomic mass is 19.1. The molecule has 2 aromatic rings. The second kappa shape index (κ2) is 5.48. The largest absolute Gasteiger partial charge is 0.342 e. The van der Waals surface area contributed by atoms with E-state index < -0.39 is 0 Å². The summed E-state index contributed by atoms with van der Waals surface area (Å²) in [5, 5.41) is 3.40. The summed E-state index contributed by atoms with van der Waals surface area (Å²) in [6.45, 7) is 7.22. The number of hydrogen-bond donors (Lipinski definition) is 2. The molecule has 0 spiro atoms. The number of aromatic amines is 1. The van der Waals surface area contributed by atoms with E-state index in [9.17, 15) is 4.39 Å². The van der Waals surface area contributed by atoms with Crippen molar-refractivity contribution in [3.05, 3.63) is 36.3 Å². The van der Waals surface area contributed by atoms with Crippen molar-refractivity contribution in [2.24, 2.45) is 0 Å². The molecular formula is C14H19FN4. The fourth-order valence-corrected chi connectivity index (χ4v) is 1.75. The van der Waals surface area contributed by atoms with E-state index in [0.717, 1.165) is 24.5 Å². The minimum atomic E-state index is -0.344. The summed E-state index contributed by atoms with van der Waals surface area (Å²) in [6, 6.07) is 1.44. The van der Waals surface area contributed by atoms with E-state index in [1.807, 2.05) is 0 Å². The normalized spacial score (nSPS) is 11.8. The van der Waals surface area contributed by atoms with Crippen LogP contribution in [0.1, 0.15) is 26.6 Å². The Labute approximate surface area is 112 Å². The molecule has 4 nitrogen and oxygen atoms in total. The maximum atomic E-state index is 13.1. The topological polar surface area (TPSA) is 53.6 Å². The molecule has 0 aliphatic carbocycles. The van der Waals surface area contributed by atoms with Crippen molar-refractivity contribution in [3.63, 3.8) is 0 Å². The van der Waals surface area contributed by atoms with Crippen molar-refractivity contribution in [1.29, 1.82) is 0 Å². The quantitative estimate of drug-likeness (QED) is 0.890. The van der Waals surface area contributed by atoms with Gasteiger partial charge in [-0.3, -0.25) is 4.98 Å². The van der Waals surface area contributed by atoms with Gasteiger partial charge in [0.2, 0.25) is 0 Å². The molecule has 0 amide bonds. The van der Waals surface area contributed by atoms with Gasteiger partial charge < -0.3 is 10.3 Å². The minimum Gasteiger partial charge on any atom is -0.342 e. The molecule has 19 heavy (non-hydrogen) atoms. The molecule has 2 aromatic heterocycles. The van der Waals surface area contributed by atoms with Crippen LogP contribution in [0.25, 0.3) is 11.3 Å². The van der Waals surface area contributed by atoms with Gasteiger partial charge in [0.1, 0.15) is 11.6 Å². The van der Waals surface area contributed by atoms with E-state index in [0.29, 0.717) is 5.56 Å². The number of halogens is 1. The number of nitrogens with one attached hydrogen (secondary N) is 2. The summed E-state index contributed by atoms with van der Waals surface area (Å²) in [7, 11) is 0. The molecule has 0 aliphatic heterocycles. The van der Waals surface area contributed by atoms with Gasteiger partial charge in [0, 0.05) is 30.3 Å². The second-order valence-corrected chi connectivity index (χ2v) is 5.56. The maximum absolute atomic E-state index is 13.1. The SMILES string of the molecule is CC(C)(C)NCCc1ncc(-c2cncc(F)c2)[nH]1. The van der Waals surface area contributed by atoms with E-state index in [1.54, 1.807) is 12.4 Å². The summed E-state index contributed by atoms with van der Waals surface area (Å²) in [4.78, 5) is 11.3. The number of rotatable bonds is 4. The van der Waals surface area contributed by atoms with Crippen molar-refractivity contribution >= 4 is 0 Å². The molecule has 0 atom stereocenters. The molecule has 0 saturated carbocycles. The molecule has 0 fully saturated rings. The average Bonchev–Trinajstić information content (AvgIpc) is 2.76. The first-order chi connectivity index (χ1) is 8.94. The maximum Gasteiger partial charge on any atom is 0.142 e. The van der Waals surface area contributed by atoms with Crippen LogP contribution in [-0.2, 0) is 6.42 Å².